The third kappa shape index (κ3) is 3.59. The van der Waals surface area contributed by atoms with Gasteiger partial charge in [0.05, 0.1) is 17.3 Å². The maximum atomic E-state index is 12.0. The first-order valence-electron chi connectivity index (χ1n) is 7.00. The van der Waals surface area contributed by atoms with Crippen LogP contribution in [0.2, 0.25) is 0 Å². The third-order valence-corrected chi connectivity index (χ3v) is 6.35. The topological polar surface area (TPSA) is 76.1 Å². The molecule has 0 bridgehead atoms. The molecular weight excluding hydrogens is 320 g/mol. The predicted molar refractivity (Wildman–Crippen MR) is 87.7 cm³/mol. The van der Waals surface area contributed by atoms with Crippen LogP contribution in [0.1, 0.15) is 6.42 Å². The number of nitrogens with one attached hydrogen (secondary N) is 1. The third-order valence-electron chi connectivity index (χ3n) is 3.57. The molecule has 1 fully saturated rings. The number of hydrogen-bond donors (Lipinski definition) is 1. The summed E-state index contributed by atoms with van der Waals surface area (Å²) in [5.74, 6) is 0.297. The molecule has 1 saturated heterocycles. The molecule has 3 rings (SSSR count). The number of pyridine rings is 1. The van der Waals surface area contributed by atoms with E-state index in [1.54, 1.807) is 6.20 Å². The van der Waals surface area contributed by atoms with E-state index >= 15 is 0 Å². The van der Waals surface area contributed by atoms with Crippen molar-refractivity contribution in [2.45, 2.75) is 17.5 Å². The van der Waals surface area contributed by atoms with Crippen LogP contribution in [0, 0.1) is 0 Å². The van der Waals surface area contributed by atoms with E-state index in [0.717, 1.165) is 15.8 Å². The summed E-state index contributed by atoms with van der Waals surface area (Å²) in [5, 5.41) is 5.70. The molecule has 0 unspecified atom stereocenters. The van der Waals surface area contributed by atoms with E-state index < -0.39 is 9.84 Å². The average Bonchev–Trinajstić information content (AvgIpc) is 2.84. The van der Waals surface area contributed by atoms with Crippen molar-refractivity contribution in [2.75, 3.05) is 17.3 Å². The van der Waals surface area contributed by atoms with Gasteiger partial charge in [-0.05, 0) is 17.9 Å². The first kappa shape index (κ1) is 15.3. The molecule has 1 aromatic heterocycles. The minimum atomic E-state index is -2.97. The molecule has 22 heavy (non-hydrogen) atoms. The van der Waals surface area contributed by atoms with Crippen molar-refractivity contribution in [1.82, 2.24) is 10.3 Å². The Hall–Kier alpha value is -1.60. The van der Waals surface area contributed by atoms with E-state index in [2.05, 4.69) is 10.3 Å². The first-order valence-corrected chi connectivity index (χ1v) is 9.80. The summed E-state index contributed by atoms with van der Waals surface area (Å²) in [6.07, 6.45) is 2.23. The number of fused-ring (bicyclic) bond motifs is 1. The molecule has 1 N–H and O–H groups in total. The Morgan fingerprint density at radius 1 is 1.32 bits per heavy atom. The van der Waals surface area contributed by atoms with Crippen LogP contribution >= 0.6 is 11.8 Å². The molecule has 7 heteroatoms. The Morgan fingerprint density at radius 2 is 2.14 bits per heavy atom. The highest BCUT2D eigenvalue weighted by Gasteiger charge is 2.28. The van der Waals surface area contributed by atoms with E-state index in [4.69, 9.17) is 0 Å². The normalized spacial score (nSPS) is 20.1. The predicted octanol–water partition coefficient (Wildman–Crippen LogP) is 1.63. The summed E-state index contributed by atoms with van der Waals surface area (Å²) >= 11 is 1.37. The highest BCUT2D eigenvalue weighted by molar-refractivity contribution is 8.00. The van der Waals surface area contributed by atoms with Gasteiger partial charge in [-0.25, -0.2) is 13.4 Å². The monoisotopic (exact) mass is 336 g/mol. The van der Waals surface area contributed by atoms with Crippen LogP contribution in [0.4, 0.5) is 0 Å². The number of carbonyl (C=O) groups is 1. The zero-order chi connectivity index (χ0) is 15.6. The molecule has 1 aliphatic heterocycles. The second-order valence-electron chi connectivity index (χ2n) is 5.29. The molecule has 2 heterocycles. The lowest BCUT2D eigenvalue weighted by Gasteiger charge is -2.10. The quantitative estimate of drug-likeness (QED) is 0.859. The number of hydrogen-bond acceptors (Lipinski definition) is 5. The van der Waals surface area contributed by atoms with Gasteiger partial charge in [-0.15, -0.1) is 0 Å². The average molecular weight is 336 g/mol. The van der Waals surface area contributed by atoms with E-state index in [1.807, 2.05) is 30.3 Å². The second kappa shape index (κ2) is 6.26. The number of carbonyl (C=O) groups excluding carboxylic acids is 1. The molecular formula is C15H16N2O3S2. The highest BCUT2D eigenvalue weighted by Crippen LogP contribution is 2.25. The van der Waals surface area contributed by atoms with Gasteiger partial charge in [0.25, 0.3) is 0 Å². The number of thioether (sulfide) groups is 1. The van der Waals surface area contributed by atoms with Gasteiger partial charge < -0.3 is 5.32 Å². The zero-order valence-corrected chi connectivity index (χ0v) is 13.5. The minimum Gasteiger partial charge on any atom is -0.352 e. The number of amides is 1. The zero-order valence-electron chi connectivity index (χ0n) is 11.9. The van der Waals surface area contributed by atoms with Crippen molar-refractivity contribution in [3.05, 3.63) is 36.5 Å². The largest absolute Gasteiger partial charge is 0.352 e. The van der Waals surface area contributed by atoms with Crippen LogP contribution < -0.4 is 5.32 Å². The van der Waals surface area contributed by atoms with Crippen LogP contribution in [-0.4, -0.2) is 42.6 Å². The van der Waals surface area contributed by atoms with Crippen LogP contribution in [-0.2, 0) is 14.6 Å². The molecule has 0 spiro atoms. The molecule has 1 aromatic carbocycles. The Kier molecular flexibility index (Phi) is 4.35. The summed E-state index contributed by atoms with van der Waals surface area (Å²) in [7, 11) is -2.97. The fraction of sp³-hybridized carbons (Fsp3) is 0.333. The van der Waals surface area contributed by atoms with E-state index in [-0.39, 0.29) is 29.2 Å². The molecule has 0 radical (unpaired) electrons. The Bertz CT molecular complexity index is 800. The lowest BCUT2D eigenvalue weighted by atomic mass is 10.2. The van der Waals surface area contributed by atoms with Gasteiger partial charge >= 0.3 is 0 Å². The number of benzene rings is 1. The van der Waals surface area contributed by atoms with Gasteiger partial charge in [-0.3, -0.25) is 4.79 Å². The van der Waals surface area contributed by atoms with Crippen molar-refractivity contribution in [3.63, 3.8) is 0 Å². The fourth-order valence-corrected chi connectivity index (χ4v) is 5.02. The van der Waals surface area contributed by atoms with Crippen molar-refractivity contribution >= 4 is 38.3 Å². The second-order valence-corrected chi connectivity index (χ2v) is 8.49. The number of aromatic nitrogens is 1. The Balaban J connectivity index is 1.61. The molecule has 0 aliphatic carbocycles. The summed E-state index contributed by atoms with van der Waals surface area (Å²) in [4.78, 5) is 16.3. The summed E-state index contributed by atoms with van der Waals surface area (Å²) in [5.41, 5.74) is 0. The molecule has 5 nitrogen and oxygen atoms in total. The van der Waals surface area contributed by atoms with Gasteiger partial charge in [0.15, 0.2) is 9.84 Å². The summed E-state index contributed by atoms with van der Waals surface area (Å²) in [6.45, 7) is 0. The van der Waals surface area contributed by atoms with Gasteiger partial charge in [0, 0.05) is 17.6 Å². The van der Waals surface area contributed by atoms with Crippen LogP contribution in [0.15, 0.2) is 41.6 Å². The first-order chi connectivity index (χ1) is 10.5. The Morgan fingerprint density at radius 3 is 2.91 bits per heavy atom. The van der Waals surface area contributed by atoms with E-state index in [1.165, 1.54) is 11.8 Å². The van der Waals surface area contributed by atoms with Crippen molar-refractivity contribution in [3.8, 4) is 0 Å². The minimum absolute atomic E-state index is 0.0515. The van der Waals surface area contributed by atoms with Gasteiger partial charge in [-0.1, -0.05) is 36.0 Å². The van der Waals surface area contributed by atoms with Crippen LogP contribution in [0.25, 0.3) is 10.8 Å². The van der Waals surface area contributed by atoms with Crippen molar-refractivity contribution in [1.29, 1.82) is 0 Å². The number of rotatable bonds is 4. The SMILES string of the molecule is O=C(CSc1nccc2ccccc12)N[C@H]1CCS(=O)(=O)C1. The molecule has 1 atom stereocenters. The lowest BCUT2D eigenvalue weighted by molar-refractivity contribution is -0.119. The molecule has 116 valence electrons. The van der Waals surface area contributed by atoms with Crippen molar-refractivity contribution in [2.24, 2.45) is 0 Å². The summed E-state index contributed by atoms with van der Waals surface area (Å²) < 4.78 is 22.8. The smallest absolute Gasteiger partial charge is 0.230 e. The molecule has 2 aromatic rings. The van der Waals surface area contributed by atoms with E-state index in [9.17, 15) is 13.2 Å². The van der Waals surface area contributed by atoms with Crippen LogP contribution in [0.3, 0.4) is 0 Å². The highest BCUT2D eigenvalue weighted by atomic mass is 32.2. The van der Waals surface area contributed by atoms with Crippen molar-refractivity contribution < 1.29 is 13.2 Å². The van der Waals surface area contributed by atoms with Crippen LogP contribution in [0.5, 0.6) is 0 Å². The molecule has 1 amide bonds. The molecule has 0 saturated carbocycles. The fourth-order valence-electron chi connectivity index (χ4n) is 2.52. The van der Waals surface area contributed by atoms with Gasteiger partial charge in [-0.2, -0.15) is 0 Å². The van der Waals surface area contributed by atoms with Gasteiger partial charge in [0.1, 0.15) is 5.03 Å². The maximum absolute atomic E-state index is 12.0. The number of sulfone groups is 1. The number of nitrogens with zero attached hydrogens (tertiary/aromatic N) is 1. The maximum Gasteiger partial charge on any atom is 0.230 e. The Labute approximate surface area is 133 Å². The van der Waals surface area contributed by atoms with Gasteiger partial charge in [0.2, 0.25) is 5.91 Å². The summed E-state index contributed by atoms with van der Waals surface area (Å²) in [6, 6.07) is 9.57. The standard InChI is InChI=1S/C15H16N2O3S2/c18-14(17-12-6-8-22(19,20)10-12)9-21-15-13-4-2-1-3-11(13)5-7-16-15/h1-5,7,12H,6,8-10H2,(H,17,18)/t12-/m0/s1. The lowest BCUT2D eigenvalue weighted by Crippen LogP contribution is -2.36. The van der Waals surface area contributed by atoms with E-state index in [0.29, 0.717) is 6.42 Å². The molecule has 1 aliphatic rings.